The summed E-state index contributed by atoms with van der Waals surface area (Å²) in [6, 6.07) is 16.3. The van der Waals surface area contributed by atoms with Crippen molar-refractivity contribution in [3.63, 3.8) is 0 Å². The SMILES string of the molecule is O=C(CSc1nnc(C2CC2)n1-c1ccccc1)Nc1ccc(S(=O)(=O)N2CCCC2)cc1. The van der Waals surface area contributed by atoms with Crippen LogP contribution in [-0.4, -0.2) is 52.2 Å². The quantitative estimate of drug-likeness (QED) is 0.491. The summed E-state index contributed by atoms with van der Waals surface area (Å²) < 4.78 is 28.8. The summed E-state index contributed by atoms with van der Waals surface area (Å²) in [6.07, 6.45) is 4.01. The van der Waals surface area contributed by atoms with Crippen molar-refractivity contribution in [2.24, 2.45) is 0 Å². The lowest BCUT2D eigenvalue weighted by atomic mass is 10.3. The largest absolute Gasteiger partial charge is 0.325 e. The van der Waals surface area contributed by atoms with Crippen LogP contribution in [0.3, 0.4) is 0 Å². The van der Waals surface area contributed by atoms with E-state index in [4.69, 9.17) is 0 Å². The van der Waals surface area contributed by atoms with Gasteiger partial charge < -0.3 is 5.32 Å². The smallest absolute Gasteiger partial charge is 0.243 e. The van der Waals surface area contributed by atoms with E-state index < -0.39 is 10.0 Å². The monoisotopic (exact) mass is 483 g/mol. The normalized spacial score (nSPS) is 16.7. The molecule has 0 atom stereocenters. The number of amides is 1. The fourth-order valence-corrected chi connectivity index (χ4v) is 6.19. The van der Waals surface area contributed by atoms with Gasteiger partial charge in [-0.25, -0.2) is 8.42 Å². The Morgan fingerprint density at radius 1 is 1.00 bits per heavy atom. The van der Waals surface area contributed by atoms with Crippen LogP contribution in [0.4, 0.5) is 5.69 Å². The minimum Gasteiger partial charge on any atom is -0.325 e. The predicted molar refractivity (Wildman–Crippen MR) is 127 cm³/mol. The van der Waals surface area contributed by atoms with Crippen molar-refractivity contribution in [3.05, 3.63) is 60.4 Å². The van der Waals surface area contributed by atoms with Gasteiger partial charge in [0.1, 0.15) is 5.82 Å². The fraction of sp³-hybridized carbons (Fsp3) is 0.348. The molecule has 33 heavy (non-hydrogen) atoms. The number of aromatic nitrogens is 3. The van der Waals surface area contributed by atoms with Gasteiger partial charge in [0.25, 0.3) is 0 Å². The highest BCUT2D eigenvalue weighted by Gasteiger charge is 2.31. The van der Waals surface area contributed by atoms with E-state index in [0.29, 0.717) is 29.9 Å². The average molecular weight is 484 g/mol. The minimum atomic E-state index is -3.46. The van der Waals surface area contributed by atoms with Crippen molar-refractivity contribution in [1.82, 2.24) is 19.1 Å². The number of thioether (sulfide) groups is 1. The Bertz CT molecular complexity index is 1230. The van der Waals surface area contributed by atoms with E-state index in [9.17, 15) is 13.2 Å². The van der Waals surface area contributed by atoms with Crippen molar-refractivity contribution >= 4 is 33.4 Å². The van der Waals surface area contributed by atoms with Gasteiger partial charge in [-0.15, -0.1) is 10.2 Å². The summed E-state index contributed by atoms with van der Waals surface area (Å²) in [5, 5.41) is 12.2. The van der Waals surface area contributed by atoms with Crippen molar-refractivity contribution in [1.29, 1.82) is 0 Å². The van der Waals surface area contributed by atoms with Gasteiger partial charge in [-0.05, 0) is 62.1 Å². The highest BCUT2D eigenvalue weighted by molar-refractivity contribution is 7.99. The fourth-order valence-electron chi connectivity index (χ4n) is 3.92. The highest BCUT2D eigenvalue weighted by atomic mass is 32.2. The van der Waals surface area contributed by atoms with Crippen LogP contribution >= 0.6 is 11.8 Å². The molecule has 1 aromatic heterocycles. The lowest BCUT2D eigenvalue weighted by Gasteiger charge is -2.15. The highest BCUT2D eigenvalue weighted by Crippen LogP contribution is 2.41. The van der Waals surface area contributed by atoms with Crippen molar-refractivity contribution in [3.8, 4) is 5.69 Å². The van der Waals surface area contributed by atoms with Crippen molar-refractivity contribution in [2.75, 3.05) is 24.2 Å². The number of para-hydroxylation sites is 1. The van der Waals surface area contributed by atoms with Gasteiger partial charge >= 0.3 is 0 Å². The number of nitrogens with zero attached hydrogens (tertiary/aromatic N) is 4. The molecule has 2 heterocycles. The van der Waals surface area contributed by atoms with Gasteiger partial charge in [-0.3, -0.25) is 9.36 Å². The summed E-state index contributed by atoms with van der Waals surface area (Å²) in [5.74, 6) is 1.35. The zero-order chi connectivity index (χ0) is 22.8. The van der Waals surface area contributed by atoms with Crippen molar-refractivity contribution < 1.29 is 13.2 Å². The van der Waals surface area contributed by atoms with E-state index in [2.05, 4.69) is 15.5 Å². The molecule has 0 bridgehead atoms. The van der Waals surface area contributed by atoms with Crippen molar-refractivity contribution in [2.45, 2.75) is 41.7 Å². The maximum absolute atomic E-state index is 12.7. The third-order valence-corrected chi connectivity index (χ3v) is 8.63. The second-order valence-electron chi connectivity index (χ2n) is 8.26. The third-order valence-electron chi connectivity index (χ3n) is 5.79. The van der Waals surface area contributed by atoms with Gasteiger partial charge in [-0.1, -0.05) is 30.0 Å². The number of benzene rings is 2. The number of anilines is 1. The average Bonchev–Trinajstić information content (AvgIpc) is 3.33. The number of nitrogens with one attached hydrogen (secondary N) is 1. The predicted octanol–water partition coefficient (Wildman–Crippen LogP) is 3.66. The van der Waals surface area contributed by atoms with Crippen LogP contribution in [-0.2, 0) is 14.8 Å². The van der Waals surface area contributed by atoms with Crippen LogP contribution in [0, 0.1) is 0 Å². The molecule has 1 aliphatic heterocycles. The van der Waals surface area contributed by atoms with Crippen LogP contribution in [0.25, 0.3) is 5.69 Å². The summed E-state index contributed by atoms with van der Waals surface area (Å²) in [7, 11) is -3.46. The molecular weight excluding hydrogens is 458 g/mol. The van der Waals surface area contributed by atoms with Gasteiger partial charge in [0.05, 0.1) is 10.6 Å². The van der Waals surface area contributed by atoms with E-state index >= 15 is 0 Å². The number of carbonyl (C=O) groups is 1. The van der Waals surface area contributed by atoms with E-state index in [-0.39, 0.29) is 16.6 Å². The molecule has 2 aromatic carbocycles. The number of sulfonamides is 1. The lowest BCUT2D eigenvalue weighted by molar-refractivity contribution is -0.113. The Kier molecular flexibility index (Phi) is 6.22. The first-order chi connectivity index (χ1) is 16.0. The van der Waals surface area contributed by atoms with Gasteiger partial charge in [0, 0.05) is 30.4 Å². The van der Waals surface area contributed by atoms with Crippen LogP contribution < -0.4 is 5.32 Å². The Morgan fingerprint density at radius 3 is 2.36 bits per heavy atom. The lowest BCUT2D eigenvalue weighted by Crippen LogP contribution is -2.27. The van der Waals surface area contributed by atoms with Gasteiger partial charge in [-0.2, -0.15) is 4.31 Å². The second kappa shape index (κ2) is 9.28. The van der Waals surface area contributed by atoms with Gasteiger partial charge in [0.2, 0.25) is 15.9 Å². The summed E-state index contributed by atoms with van der Waals surface area (Å²) in [5.41, 5.74) is 1.55. The van der Waals surface area contributed by atoms with E-state index in [1.165, 1.54) is 16.1 Å². The van der Waals surface area contributed by atoms with E-state index in [1.54, 1.807) is 24.3 Å². The molecule has 2 aliphatic rings. The molecule has 1 aliphatic carbocycles. The summed E-state index contributed by atoms with van der Waals surface area (Å²) >= 11 is 1.33. The molecule has 0 spiro atoms. The number of carbonyl (C=O) groups excluding carboxylic acids is 1. The molecule has 1 N–H and O–H groups in total. The standard InChI is InChI=1S/C23H25N5O3S2/c29-21(24-18-10-12-20(13-11-18)33(30,31)27-14-4-5-15-27)16-32-23-26-25-22(17-8-9-17)28(23)19-6-2-1-3-7-19/h1-3,6-7,10-13,17H,4-5,8-9,14-16H2,(H,24,29). The molecule has 1 saturated carbocycles. The Hall–Kier alpha value is -2.69. The Balaban J connectivity index is 1.24. The van der Waals surface area contributed by atoms with E-state index in [0.717, 1.165) is 37.2 Å². The molecule has 8 nitrogen and oxygen atoms in total. The van der Waals surface area contributed by atoms with Crippen LogP contribution in [0.1, 0.15) is 37.4 Å². The molecule has 1 amide bonds. The number of hydrogen-bond donors (Lipinski definition) is 1. The second-order valence-corrected chi connectivity index (χ2v) is 11.1. The molecule has 2 fully saturated rings. The molecule has 172 valence electrons. The van der Waals surface area contributed by atoms with Crippen LogP contribution in [0.15, 0.2) is 64.6 Å². The first-order valence-corrected chi connectivity index (χ1v) is 13.5. The number of hydrogen-bond acceptors (Lipinski definition) is 6. The summed E-state index contributed by atoms with van der Waals surface area (Å²) in [4.78, 5) is 12.8. The Labute approximate surface area is 197 Å². The molecule has 5 rings (SSSR count). The van der Waals surface area contributed by atoms with Crippen LogP contribution in [0.2, 0.25) is 0 Å². The molecule has 0 radical (unpaired) electrons. The first-order valence-electron chi connectivity index (χ1n) is 11.1. The van der Waals surface area contributed by atoms with Crippen LogP contribution in [0.5, 0.6) is 0 Å². The maximum atomic E-state index is 12.7. The molecule has 3 aromatic rings. The zero-order valence-corrected chi connectivity index (χ0v) is 19.7. The van der Waals surface area contributed by atoms with E-state index in [1.807, 2.05) is 34.9 Å². The topological polar surface area (TPSA) is 97.2 Å². The Morgan fingerprint density at radius 2 is 1.70 bits per heavy atom. The minimum absolute atomic E-state index is 0.170. The molecule has 0 unspecified atom stereocenters. The molecule has 1 saturated heterocycles. The third kappa shape index (κ3) is 4.83. The summed E-state index contributed by atoms with van der Waals surface area (Å²) in [6.45, 7) is 1.13. The van der Waals surface area contributed by atoms with Gasteiger partial charge in [0.15, 0.2) is 5.16 Å². The first kappa shape index (κ1) is 22.1. The molecule has 10 heteroatoms. The number of rotatable bonds is 8. The zero-order valence-electron chi connectivity index (χ0n) is 18.1. The maximum Gasteiger partial charge on any atom is 0.243 e. The molecular formula is C23H25N5O3S2.